The van der Waals surface area contributed by atoms with Crippen LogP contribution in [0.5, 0.6) is 0 Å². The van der Waals surface area contributed by atoms with Crippen LogP contribution < -0.4 is 0 Å². The maximum Gasteiger partial charge on any atom is 0.457 e. The molecule has 0 aromatic heterocycles. The molecule has 3 aliphatic heterocycles. The van der Waals surface area contributed by atoms with Gasteiger partial charge in [0, 0.05) is 14.0 Å². The molecule has 0 N–H and O–H groups in total. The molecule has 3 aliphatic rings. The highest BCUT2D eigenvalue weighted by Gasteiger charge is 2.58. The average Bonchev–Trinajstić information content (AvgIpc) is 3.22. The van der Waals surface area contributed by atoms with Crippen LogP contribution in [-0.2, 0) is 28.1 Å². The van der Waals surface area contributed by atoms with Crippen molar-refractivity contribution in [3.05, 3.63) is 0 Å². The summed E-state index contributed by atoms with van der Waals surface area (Å²) in [6.07, 6.45) is 0.178. The minimum Gasteiger partial charge on any atom is -0.449 e. The standard InChI is InChI=1S/C13H23B2NO6/c1-5-14-17-7-9(20-14)10-11-12(22-15(6-2)21-11)13(19-10)18-8(3)16-4/h9-13H,5-7H2,1-4H3. The van der Waals surface area contributed by atoms with Gasteiger partial charge in [-0.2, -0.15) is 0 Å². The molecule has 0 spiro atoms. The second kappa shape index (κ2) is 6.88. The topological polar surface area (TPSA) is 67.7 Å². The van der Waals surface area contributed by atoms with E-state index in [2.05, 4.69) is 4.99 Å². The second-order valence-corrected chi connectivity index (χ2v) is 5.71. The third-order valence-electron chi connectivity index (χ3n) is 4.23. The first-order valence-electron chi connectivity index (χ1n) is 7.99. The highest BCUT2D eigenvalue weighted by atomic mass is 16.8. The number of fused-ring (bicyclic) bond motifs is 1. The second-order valence-electron chi connectivity index (χ2n) is 5.71. The fraction of sp³-hybridized carbons (Fsp3) is 0.923. The Bertz CT molecular complexity index is 425. The lowest BCUT2D eigenvalue weighted by Crippen LogP contribution is -2.39. The Hall–Kier alpha value is -0.600. The van der Waals surface area contributed by atoms with Crippen molar-refractivity contribution >= 4 is 20.1 Å². The minimum absolute atomic E-state index is 0.163. The Morgan fingerprint density at radius 3 is 2.45 bits per heavy atom. The molecule has 0 saturated carbocycles. The summed E-state index contributed by atoms with van der Waals surface area (Å²) < 4.78 is 35.1. The van der Waals surface area contributed by atoms with Crippen LogP contribution >= 0.6 is 0 Å². The Balaban J connectivity index is 1.71. The van der Waals surface area contributed by atoms with Gasteiger partial charge in [0.1, 0.15) is 18.3 Å². The highest BCUT2D eigenvalue weighted by molar-refractivity contribution is 6.45. The van der Waals surface area contributed by atoms with Crippen LogP contribution in [0.25, 0.3) is 0 Å². The van der Waals surface area contributed by atoms with E-state index >= 15 is 0 Å². The molecule has 0 aliphatic carbocycles. The van der Waals surface area contributed by atoms with Crippen molar-refractivity contribution in [3.63, 3.8) is 0 Å². The Morgan fingerprint density at radius 1 is 1.09 bits per heavy atom. The van der Waals surface area contributed by atoms with Crippen LogP contribution in [0.15, 0.2) is 4.99 Å². The molecule has 0 aromatic carbocycles. The van der Waals surface area contributed by atoms with Crippen molar-refractivity contribution in [2.24, 2.45) is 4.99 Å². The molecule has 3 saturated heterocycles. The van der Waals surface area contributed by atoms with Gasteiger partial charge in [0.15, 0.2) is 5.90 Å². The van der Waals surface area contributed by atoms with Crippen LogP contribution in [-0.4, -0.2) is 64.5 Å². The molecule has 0 amide bonds. The Labute approximate surface area is 131 Å². The summed E-state index contributed by atoms with van der Waals surface area (Å²) in [6, 6.07) is 0. The van der Waals surface area contributed by atoms with Crippen LogP contribution in [0.3, 0.4) is 0 Å². The fourth-order valence-electron chi connectivity index (χ4n) is 3.00. The van der Waals surface area contributed by atoms with E-state index in [1.165, 1.54) is 0 Å². The van der Waals surface area contributed by atoms with Crippen LogP contribution in [0.4, 0.5) is 0 Å². The summed E-state index contributed by atoms with van der Waals surface area (Å²) in [5.41, 5.74) is 0. The van der Waals surface area contributed by atoms with E-state index in [-0.39, 0.29) is 38.7 Å². The van der Waals surface area contributed by atoms with Crippen molar-refractivity contribution in [1.82, 2.24) is 0 Å². The molecule has 5 atom stereocenters. The smallest absolute Gasteiger partial charge is 0.449 e. The normalized spacial score (nSPS) is 38.7. The molecule has 0 aromatic rings. The summed E-state index contributed by atoms with van der Waals surface area (Å²) >= 11 is 0. The maximum atomic E-state index is 6.01. The molecule has 5 unspecified atom stereocenters. The van der Waals surface area contributed by atoms with E-state index in [1.54, 1.807) is 14.0 Å². The van der Waals surface area contributed by atoms with E-state index in [4.69, 9.17) is 28.1 Å². The number of aliphatic imine (C=N–C) groups is 1. The predicted octanol–water partition coefficient (Wildman–Crippen LogP) is 0.992. The zero-order valence-electron chi connectivity index (χ0n) is 13.6. The first kappa shape index (κ1) is 16.3. The summed E-state index contributed by atoms with van der Waals surface area (Å²) in [5, 5.41) is 0. The largest absolute Gasteiger partial charge is 0.457 e. The molecule has 0 radical (unpaired) electrons. The van der Waals surface area contributed by atoms with Gasteiger partial charge in [-0.25, -0.2) is 0 Å². The molecule has 22 heavy (non-hydrogen) atoms. The van der Waals surface area contributed by atoms with Crippen LogP contribution in [0.2, 0.25) is 12.6 Å². The predicted molar refractivity (Wildman–Crippen MR) is 81.8 cm³/mol. The lowest BCUT2D eigenvalue weighted by atomic mass is 9.86. The Kier molecular flexibility index (Phi) is 5.09. The number of rotatable bonds is 4. The van der Waals surface area contributed by atoms with Gasteiger partial charge < -0.3 is 28.1 Å². The van der Waals surface area contributed by atoms with Gasteiger partial charge in [-0.1, -0.05) is 13.8 Å². The van der Waals surface area contributed by atoms with Crippen molar-refractivity contribution in [1.29, 1.82) is 0 Å². The number of hydrogen-bond acceptors (Lipinski definition) is 7. The van der Waals surface area contributed by atoms with Gasteiger partial charge in [-0.15, -0.1) is 0 Å². The maximum absolute atomic E-state index is 6.01. The molecule has 3 fully saturated rings. The van der Waals surface area contributed by atoms with E-state index in [0.717, 1.165) is 12.6 Å². The minimum atomic E-state index is -0.528. The van der Waals surface area contributed by atoms with Crippen molar-refractivity contribution in [3.8, 4) is 0 Å². The van der Waals surface area contributed by atoms with Gasteiger partial charge in [-0.3, -0.25) is 4.99 Å². The summed E-state index contributed by atoms with van der Waals surface area (Å²) in [7, 11) is 1.28. The number of ether oxygens (including phenoxy) is 2. The number of hydrogen-bond donors (Lipinski definition) is 0. The van der Waals surface area contributed by atoms with Crippen molar-refractivity contribution in [2.75, 3.05) is 13.7 Å². The van der Waals surface area contributed by atoms with Gasteiger partial charge in [0.2, 0.25) is 6.29 Å². The fourth-order valence-corrected chi connectivity index (χ4v) is 3.00. The summed E-state index contributed by atoms with van der Waals surface area (Å²) in [5.74, 6) is 0.558. The van der Waals surface area contributed by atoms with E-state index in [9.17, 15) is 0 Å². The molecule has 122 valence electrons. The molecule has 7 nitrogen and oxygen atoms in total. The molecule has 9 heteroatoms. The Morgan fingerprint density at radius 2 is 1.82 bits per heavy atom. The zero-order valence-corrected chi connectivity index (χ0v) is 13.6. The van der Waals surface area contributed by atoms with Gasteiger partial charge in [0.25, 0.3) is 0 Å². The van der Waals surface area contributed by atoms with Crippen molar-refractivity contribution in [2.45, 2.75) is 64.1 Å². The summed E-state index contributed by atoms with van der Waals surface area (Å²) in [4.78, 5) is 4.02. The van der Waals surface area contributed by atoms with Crippen molar-refractivity contribution < 1.29 is 28.1 Å². The van der Waals surface area contributed by atoms with Crippen LogP contribution in [0.1, 0.15) is 20.8 Å². The first-order chi connectivity index (χ1) is 10.7. The highest BCUT2D eigenvalue weighted by Crippen LogP contribution is 2.37. The lowest BCUT2D eigenvalue weighted by Gasteiger charge is -2.23. The van der Waals surface area contributed by atoms with E-state index in [0.29, 0.717) is 12.5 Å². The zero-order chi connectivity index (χ0) is 15.7. The molecular weight excluding hydrogens is 288 g/mol. The lowest BCUT2D eigenvalue weighted by molar-refractivity contribution is -0.135. The van der Waals surface area contributed by atoms with E-state index in [1.807, 2.05) is 13.8 Å². The molecule has 3 rings (SSSR count). The first-order valence-corrected chi connectivity index (χ1v) is 7.99. The van der Waals surface area contributed by atoms with E-state index < -0.39 is 6.29 Å². The average molecular weight is 311 g/mol. The number of nitrogens with zero attached hydrogens (tertiary/aromatic N) is 1. The van der Waals surface area contributed by atoms with Gasteiger partial charge in [0.05, 0.1) is 12.7 Å². The van der Waals surface area contributed by atoms with Gasteiger partial charge >= 0.3 is 14.2 Å². The molecule has 0 bridgehead atoms. The third kappa shape index (κ3) is 3.05. The quantitative estimate of drug-likeness (QED) is 0.438. The summed E-state index contributed by atoms with van der Waals surface area (Å²) in [6.45, 7) is 6.35. The van der Waals surface area contributed by atoms with Gasteiger partial charge in [-0.05, 0) is 12.6 Å². The van der Waals surface area contributed by atoms with Crippen LogP contribution in [0, 0.1) is 0 Å². The monoisotopic (exact) mass is 311 g/mol. The molecule has 3 heterocycles. The molecular formula is C13H23B2NO6. The third-order valence-corrected chi connectivity index (χ3v) is 4.23. The SMILES string of the molecule is CCB1OCC(C2OC(OC(C)=NC)C3OB(CC)OC23)O1.